The number of hydrogen-bond donors (Lipinski definition) is 1. The molecule has 2 aromatic heterocycles. The Kier molecular flexibility index (Phi) is 3.82. The molecule has 0 aliphatic carbocycles. The summed E-state index contributed by atoms with van der Waals surface area (Å²) in [5.74, 6) is 0.674. The molecule has 1 amide bonds. The van der Waals surface area contributed by atoms with Crippen LogP contribution in [0.4, 0.5) is 0 Å². The summed E-state index contributed by atoms with van der Waals surface area (Å²) in [6.45, 7) is 3.50. The molecule has 2 atom stereocenters. The van der Waals surface area contributed by atoms with Gasteiger partial charge in [0.2, 0.25) is 0 Å². The molecule has 2 fully saturated rings. The van der Waals surface area contributed by atoms with E-state index in [1.165, 1.54) is 24.2 Å². The second kappa shape index (κ2) is 5.98. The summed E-state index contributed by atoms with van der Waals surface area (Å²) in [6, 6.07) is 2.79. The Morgan fingerprint density at radius 3 is 2.87 bits per heavy atom. The maximum Gasteiger partial charge on any atom is 0.265 e. The van der Waals surface area contributed by atoms with Crippen molar-refractivity contribution in [3.63, 3.8) is 0 Å². The normalized spacial score (nSPS) is 23.8. The topological polar surface area (TPSA) is 71.0 Å². The smallest absolute Gasteiger partial charge is 0.265 e. The van der Waals surface area contributed by atoms with Crippen molar-refractivity contribution in [2.45, 2.75) is 38.3 Å². The lowest BCUT2D eigenvalue weighted by Gasteiger charge is -2.23. The van der Waals surface area contributed by atoms with E-state index in [1.807, 2.05) is 11.8 Å². The molecule has 2 unspecified atom stereocenters. The van der Waals surface area contributed by atoms with Gasteiger partial charge >= 0.3 is 0 Å². The molecule has 2 bridgehead atoms. The van der Waals surface area contributed by atoms with Crippen LogP contribution in [0, 0.1) is 6.92 Å². The number of aromatic nitrogens is 3. The second-order valence-corrected chi connectivity index (χ2v) is 7.18. The lowest BCUT2D eigenvalue weighted by molar-refractivity contribution is 0.0752. The van der Waals surface area contributed by atoms with Crippen LogP contribution in [0.15, 0.2) is 18.5 Å². The van der Waals surface area contributed by atoms with Gasteiger partial charge < -0.3 is 10.2 Å². The third kappa shape index (κ3) is 2.86. The van der Waals surface area contributed by atoms with Crippen molar-refractivity contribution in [2.75, 3.05) is 13.1 Å². The van der Waals surface area contributed by atoms with Gasteiger partial charge in [0.05, 0.1) is 5.69 Å². The van der Waals surface area contributed by atoms with Crippen LogP contribution in [0.3, 0.4) is 0 Å². The third-order valence-electron chi connectivity index (χ3n) is 4.56. The van der Waals surface area contributed by atoms with E-state index in [2.05, 4.69) is 20.3 Å². The van der Waals surface area contributed by atoms with E-state index >= 15 is 0 Å². The highest BCUT2D eigenvalue weighted by Crippen LogP contribution is 2.28. The van der Waals surface area contributed by atoms with Gasteiger partial charge in [0.1, 0.15) is 4.88 Å². The maximum absolute atomic E-state index is 12.9. The van der Waals surface area contributed by atoms with Crippen LogP contribution in [0.2, 0.25) is 0 Å². The SMILES string of the molecule is Cc1nc(-c2ncccn2)sc1C(=O)N1CCC2CCC(C1)N2. The minimum Gasteiger partial charge on any atom is -0.336 e. The van der Waals surface area contributed by atoms with Gasteiger partial charge in [-0.2, -0.15) is 0 Å². The molecule has 0 saturated carbocycles. The van der Waals surface area contributed by atoms with Crippen molar-refractivity contribution in [1.29, 1.82) is 0 Å². The zero-order valence-electron chi connectivity index (χ0n) is 13.0. The van der Waals surface area contributed by atoms with Crippen LogP contribution in [-0.2, 0) is 0 Å². The van der Waals surface area contributed by atoms with Crippen molar-refractivity contribution in [3.8, 4) is 10.8 Å². The van der Waals surface area contributed by atoms with Gasteiger partial charge in [0.25, 0.3) is 5.91 Å². The Morgan fingerprint density at radius 2 is 2.04 bits per heavy atom. The predicted octanol–water partition coefficient (Wildman–Crippen LogP) is 1.88. The summed E-state index contributed by atoms with van der Waals surface area (Å²) in [5.41, 5.74) is 0.768. The van der Waals surface area contributed by atoms with E-state index in [-0.39, 0.29) is 5.91 Å². The highest BCUT2D eigenvalue weighted by atomic mass is 32.1. The molecule has 2 aromatic rings. The molecule has 2 saturated heterocycles. The lowest BCUT2D eigenvalue weighted by atomic mass is 10.1. The molecule has 23 heavy (non-hydrogen) atoms. The lowest BCUT2D eigenvalue weighted by Crippen LogP contribution is -2.39. The minimum absolute atomic E-state index is 0.0940. The highest BCUT2D eigenvalue weighted by molar-refractivity contribution is 7.17. The Hall–Kier alpha value is -1.86. The van der Waals surface area contributed by atoms with E-state index in [1.54, 1.807) is 18.5 Å². The molecule has 4 heterocycles. The molecule has 0 aromatic carbocycles. The molecule has 1 N–H and O–H groups in total. The van der Waals surface area contributed by atoms with Crippen LogP contribution in [-0.4, -0.2) is 50.9 Å². The molecule has 2 aliphatic heterocycles. The monoisotopic (exact) mass is 329 g/mol. The van der Waals surface area contributed by atoms with Crippen molar-refractivity contribution < 1.29 is 4.79 Å². The number of nitrogens with one attached hydrogen (secondary N) is 1. The van der Waals surface area contributed by atoms with Crippen molar-refractivity contribution in [2.24, 2.45) is 0 Å². The molecule has 4 rings (SSSR count). The Balaban J connectivity index is 1.58. The summed E-state index contributed by atoms with van der Waals surface area (Å²) < 4.78 is 0. The van der Waals surface area contributed by atoms with Crippen molar-refractivity contribution in [3.05, 3.63) is 29.0 Å². The van der Waals surface area contributed by atoms with Crippen LogP contribution in [0.5, 0.6) is 0 Å². The zero-order chi connectivity index (χ0) is 15.8. The number of carbonyl (C=O) groups is 1. The number of likely N-dealkylation sites (tertiary alicyclic amines) is 1. The number of aryl methyl sites for hydroxylation is 1. The van der Waals surface area contributed by atoms with Gasteiger partial charge in [-0.1, -0.05) is 0 Å². The predicted molar refractivity (Wildman–Crippen MR) is 88.3 cm³/mol. The molecule has 120 valence electrons. The maximum atomic E-state index is 12.9. The number of rotatable bonds is 2. The van der Waals surface area contributed by atoms with Crippen molar-refractivity contribution >= 4 is 17.2 Å². The van der Waals surface area contributed by atoms with Gasteiger partial charge in [0, 0.05) is 37.6 Å². The highest BCUT2D eigenvalue weighted by Gasteiger charge is 2.32. The Labute approximate surface area is 139 Å². The van der Waals surface area contributed by atoms with Gasteiger partial charge in [0.15, 0.2) is 10.8 Å². The standard InChI is InChI=1S/C16H19N5OS/c1-10-13(23-15(19-10)14-17-6-2-7-18-14)16(22)21-8-5-11-3-4-12(9-21)20-11/h2,6-7,11-12,20H,3-5,8-9H2,1H3. The van der Waals surface area contributed by atoms with Gasteiger partial charge in [-0.25, -0.2) is 15.0 Å². The molecule has 0 spiro atoms. The van der Waals surface area contributed by atoms with Crippen LogP contribution < -0.4 is 5.32 Å². The van der Waals surface area contributed by atoms with E-state index in [4.69, 9.17) is 0 Å². The fourth-order valence-corrected chi connectivity index (χ4v) is 4.35. The van der Waals surface area contributed by atoms with Crippen LogP contribution in [0.1, 0.15) is 34.6 Å². The second-order valence-electron chi connectivity index (χ2n) is 6.18. The zero-order valence-corrected chi connectivity index (χ0v) is 13.8. The average molecular weight is 329 g/mol. The Morgan fingerprint density at radius 1 is 1.26 bits per heavy atom. The van der Waals surface area contributed by atoms with Gasteiger partial charge in [-0.3, -0.25) is 4.79 Å². The van der Waals surface area contributed by atoms with E-state index in [0.717, 1.165) is 25.2 Å². The van der Waals surface area contributed by atoms with Crippen LogP contribution >= 0.6 is 11.3 Å². The molecule has 0 radical (unpaired) electrons. The van der Waals surface area contributed by atoms with E-state index in [0.29, 0.717) is 27.8 Å². The number of thiazole rings is 1. The number of fused-ring (bicyclic) bond motifs is 2. The third-order valence-corrected chi connectivity index (χ3v) is 5.70. The first-order chi connectivity index (χ1) is 11.2. The van der Waals surface area contributed by atoms with E-state index < -0.39 is 0 Å². The first kappa shape index (κ1) is 14.7. The summed E-state index contributed by atoms with van der Waals surface area (Å²) >= 11 is 1.39. The largest absolute Gasteiger partial charge is 0.336 e. The fraction of sp³-hybridized carbons (Fsp3) is 0.500. The van der Waals surface area contributed by atoms with Crippen LogP contribution in [0.25, 0.3) is 10.8 Å². The van der Waals surface area contributed by atoms with Gasteiger partial charge in [-0.05, 0) is 32.3 Å². The quantitative estimate of drug-likeness (QED) is 0.911. The molecule has 2 aliphatic rings. The first-order valence-corrected chi connectivity index (χ1v) is 8.82. The molecule has 6 nitrogen and oxygen atoms in total. The first-order valence-electron chi connectivity index (χ1n) is 8.01. The average Bonchev–Trinajstić information content (AvgIpc) is 3.10. The number of carbonyl (C=O) groups excluding carboxylic acids is 1. The number of hydrogen-bond acceptors (Lipinski definition) is 6. The summed E-state index contributed by atoms with van der Waals surface area (Å²) in [7, 11) is 0. The molecular weight excluding hydrogens is 310 g/mol. The summed E-state index contributed by atoms with van der Waals surface area (Å²) in [6.07, 6.45) is 6.82. The van der Waals surface area contributed by atoms with Crippen molar-refractivity contribution in [1.82, 2.24) is 25.2 Å². The number of amides is 1. The summed E-state index contributed by atoms with van der Waals surface area (Å²) in [4.78, 5) is 28.6. The minimum atomic E-state index is 0.0940. The number of nitrogens with zero attached hydrogens (tertiary/aromatic N) is 4. The Bertz CT molecular complexity index is 717. The van der Waals surface area contributed by atoms with E-state index in [9.17, 15) is 4.79 Å². The van der Waals surface area contributed by atoms with Gasteiger partial charge in [-0.15, -0.1) is 11.3 Å². The molecule has 7 heteroatoms. The fourth-order valence-electron chi connectivity index (χ4n) is 3.37. The summed E-state index contributed by atoms with van der Waals surface area (Å²) in [5, 5.41) is 4.32. The molecular formula is C16H19N5OS.